The minimum absolute atomic E-state index is 0.291. The van der Waals surface area contributed by atoms with Crippen LogP contribution in [0.1, 0.15) is 9.67 Å². The van der Waals surface area contributed by atoms with Gasteiger partial charge in [-0.15, -0.1) is 11.3 Å². The maximum Gasteiger partial charge on any atom is 0.287 e. The number of aromatic nitrogens is 1. The van der Waals surface area contributed by atoms with Crippen LogP contribution in [0.4, 0.5) is 0 Å². The minimum Gasteiger partial charge on any atom is -0.277 e. The Morgan fingerprint density at radius 1 is 1.00 bits per heavy atom. The van der Waals surface area contributed by atoms with E-state index in [1.807, 2.05) is 60.7 Å². The molecule has 0 aliphatic heterocycles. The molecule has 4 nitrogen and oxygen atoms in total. The van der Waals surface area contributed by atoms with Crippen molar-refractivity contribution in [1.82, 2.24) is 10.5 Å². The lowest BCUT2D eigenvalue weighted by Gasteiger charge is -2.02. The number of carbonyl (C=O) groups is 1. The quantitative estimate of drug-likeness (QED) is 0.746. The van der Waals surface area contributed by atoms with Crippen LogP contribution in [0.5, 0.6) is 0 Å². The minimum atomic E-state index is -0.291. The van der Waals surface area contributed by atoms with Gasteiger partial charge in [0.15, 0.2) is 0 Å². The first kappa shape index (κ1) is 14.4. The lowest BCUT2D eigenvalue weighted by molar-refractivity contribution is 0.0542. The molecule has 0 fully saturated rings. The standard InChI is InChI=1S/C17H14N2O2S/c1-21-19-16(20)15-14(12-8-4-2-5-9-12)18-17(22-15)13-10-6-3-7-11-13/h2-11H,1H3,(H,19,20). The number of hydrogen-bond acceptors (Lipinski definition) is 4. The summed E-state index contributed by atoms with van der Waals surface area (Å²) in [6.07, 6.45) is 0. The fourth-order valence-corrected chi connectivity index (χ4v) is 3.09. The topological polar surface area (TPSA) is 51.2 Å². The monoisotopic (exact) mass is 310 g/mol. The van der Waals surface area contributed by atoms with Crippen molar-refractivity contribution in [2.75, 3.05) is 7.11 Å². The van der Waals surface area contributed by atoms with Crippen LogP contribution in [0, 0.1) is 0 Å². The highest BCUT2D eigenvalue weighted by molar-refractivity contribution is 7.17. The van der Waals surface area contributed by atoms with E-state index in [1.54, 1.807) is 0 Å². The Hall–Kier alpha value is -2.50. The highest BCUT2D eigenvalue weighted by atomic mass is 32.1. The van der Waals surface area contributed by atoms with Crippen LogP contribution < -0.4 is 5.48 Å². The molecule has 3 aromatic rings. The number of carbonyl (C=O) groups excluding carboxylic acids is 1. The summed E-state index contributed by atoms with van der Waals surface area (Å²) in [4.78, 5) is 22.2. The van der Waals surface area contributed by atoms with E-state index in [0.717, 1.165) is 16.1 Å². The molecule has 5 heteroatoms. The second kappa shape index (κ2) is 6.51. The Kier molecular flexibility index (Phi) is 4.27. The summed E-state index contributed by atoms with van der Waals surface area (Å²) >= 11 is 1.35. The maximum atomic E-state index is 12.2. The van der Waals surface area contributed by atoms with Gasteiger partial charge < -0.3 is 0 Å². The molecule has 0 saturated carbocycles. The summed E-state index contributed by atoms with van der Waals surface area (Å²) in [7, 11) is 1.42. The lowest BCUT2D eigenvalue weighted by atomic mass is 10.1. The predicted molar refractivity (Wildman–Crippen MR) is 87.5 cm³/mol. The third kappa shape index (κ3) is 2.90. The van der Waals surface area contributed by atoms with Crippen LogP contribution in [0.2, 0.25) is 0 Å². The zero-order valence-corrected chi connectivity index (χ0v) is 12.8. The molecular weight excluding hydrogens is 296 g/mol. The van der Waals surface area contributed by atoms with Gasteiger partial charge in [-0.05, 0) is 0 Å². The SMILES string of the molecule is CONC(=O)c1sc(-c2ccccc2)nc1-c1ccccc1. The largest absolute Gasteiger partial charge is 0.287 e. The van der Waals surface area contributed by atoms with Crippen molar-refractivity contribution in [3.63, 3.8) is 0 Å². The van der Waals surface area contributed by atoms with Gasteiger partial charge in [-0.3, -0.25) is 9.63 Å². The van der Waals surface area contributed by atoms with Gasteiger partial charge in [0, 0.05) is 11.1 Å². The number of nitrogens with one attached hydrogen (secondary N) is 1. The Balaban J connectivity index is 2.11. The fourth-order valence-electron chi connectivity index (χ4n) is 2.11. The average molecular weight is 310 g/mol. The molecule has 0 spiro atoms. The van der Waals surface area contributed by atoms with Gasteiger partial charge >= 0.3 is 0 Å². The number of nitrogens with zero attached hydrogens (tertiary/aromatic N) is 1. The molecule has 0 saturated heterocycles. The highest BCUT2D eigenvalue weighted by Crippen LogP contribution is 2.33. The molecule has 110 valence electrons. The first-order chi connectivity index (χ1) is 10.8. The molecule has 3 rings (SSSR count). The Morgan fingerprint density at radius 2 is 1.59 bits per heavy atom. The molecule has 0 bridgehead atoms. The Bertz CT molecular complexity index is 770. The Labute approximate surface area is 132 Å². The van der Waals surface area contributed by atoms with E-state index in [4.69, 9.17) is 4.84 Å². The van der Waals surface area contributed by atoms with Crippen LogP contribution in [0.15, 0.2) is 60.7 Å². The molecule has 0 atom stereocenters. The summed E-state index contributed by atoms with van der Waals surface area (Å²) in [6, 6.07) is 19.5. The molecule has 22 heavy (non-hydrogen) atoms. The van der Waals surface area contributed by atoms with Crippen molar-refractivity contribution in [1.29, 1.82) is 0 Å². The van der Waals surface area contributed by atoms with E-state index in [1.165, 1.54) is 18.4 Å². The predicted octanol–water partition coefficient (Wildman–Crippen LogP) is 3.77. The normalized spacial score (nSPS) is 10.4. The molecule has 1 N–H and O–H groups in total. The molecule has 0 unspecified atom stereocenters. The number of rotatable bonds is 4. The first-order valence-corrected chi connectivity index (χ1v) is 7.56. The molecule has 0 aliphatic carbocycles. The van der Waals surface area contributed by atoms with Gasteiger partial charge in [0.05, 0.1) is 12.8 Å². The zero-order chi connectivity index (χ0) is 15.4. The number of amides is 1. The fraction of sp³-hybridized carbons (Fsp3) is 0.0588. The highest BCUT2D eigenvalue weighted by Gasteiger charge is 2.20. The number of hydrogen-bond donors (Lipinski definition) is 1. The second-order valence-electron chi connectivity index (χ2n) is 4.56. The van der Waals surface area contributed by atoms with E-state index in [-0.39, 0.29) is 5.91 Å². The van der Waals surface area contributed by atoms with Gasteiger partial charge in [-0.2, -0.15) is 0 Å². The van der Waals surface area contributed by atoms with Gasteiger partial charge in [-0.1, -0.05) is 60.7 Å². The number of benzene rings is 2. The summed E-state index contributed by atoms with van der Waals surface area (Å²) in [5.41, 5.74) is 4.93. The Morgan fingerprint density at radius 3 is 2.18 bits per heavy atom. The van der Waals surface area contributed by atoms with Crippen LogP contribution in [0.25, 0.3) is 21.8 Å². The molecule has 1 amide bonds. The van der Waals surface area contributed by atoms with Crippen molar-refractivity contribution in [3.05, 3.63) is 65.5 Å². The average Bonchev–Trinajstić information content (AvgIpc) is 3.02. The van der Waals surface area contributed by atoms with E-state index >= 15 is 0 Å². The van der Waals surface area contributed by atoms with Crippen LogP contribution in [0.3, 0.4) is 0 Å². The first-order valence-electron chi connectivity index (χ1n) is 6.74. The second-order valence-corrected chi connectivity index (χ2v) is 5.56. The smallest absolute Gasteiger partial charge is 0.277 e. The van der Waals surface area contributed by atoms with Crippen molar-refractivity contribution in [3.8, 4) is 21.8 Å². The van der Waals surface area contributed by atoms with Gasteiger partial charge in [0.2, 0.25) is 0 Å². The number of thiazole rings is 1. The third-order valence-corrected chi connectivity index (χ3v) is 4.20. The van der Waals surface area contributed by atoms with Crippen molar-refractivity contribution < 1.29 is 9.63 Å². The zero-order valence-electron chi connectivity index (χ0n) is 11.9. The van der Waals surface area contributed by atoms with Crippen LogP contribution in [-0.2, 0) is 4.84 Å². The number of hydroxylamine groups is 1. The van der Waals surface area contributed by atoms with Crippen LogP contribution >= 0.6 is 11.3 Å². The van der Waals surface area contributed by atoms with Gasteiger partial charge in [0.25, 0.3) is 5.91 Å². The maximum absolute atomic E-state index is 12.2. The molecule has 0 aliphatic rings. The van der Waals surface area contributed by atoms with E-state index in [0.29, 0.717) is 10.6 Å². The van der Waals surface area contributed by atoms with E-state index in [9.17, 15) is 4.79 Å². The summed E-state index contributed by atoms with van der Waals surface area (Å²) < 4.78 is 0. The van der Waals surface area contributed by atoms with Crippen molar-refractivity contribution >= 4 is 17.2 Å². The molecule has 2 aromatic carbocycles. The van der Waals surface area contributed by atoms with Crippen molar-refractivity contribution in [2.45, 2.75) is 0 Å². The summed E-state index contributed by atoms with van der Waals surface area (Å²) in [6.45, 7) is 0. The van der Waals surface area contributed by atoms with Gasteiger partial charge in [-0.25, -0.2) is 10.5 Å². The molecule has 0 radical (unpaired) electrons. The lowest BCUT2D eigenvalue weighted by Crippen LogP contribution is -2.21. The van der Waals surface area contributed by atoms with E-state index < -0.39 is 0 Å². The summed E-state index contributed by atoms with van der Waals surface area (Å²) in [5, 5.41) is 0.806. The van der Waals surface area contributed by atoms with Crippen molar-refractivity contribution in [2.24, 2.45) is 0 Å². The molecular formula is C17H14N2O2S. The molecule has 1 heterocycles. The molecule has 1 aromatic heterocycles. The van der Waals surface area contributed by atoms with E-state index in [2.05, 4.69) is 10.5 Å². The third-order valence-electron chi connectivity index (χ3n) is 3.10. The summed E-state index contributed by atoms with van der Waals surface area (Å²) in [5.74, 6) is -0.291. The van der Waals surface area contributed by atoms with Gasteiger partial charge in [0.1, 0.15) is 9.88 Å². The van der Waals surface area contributed by atoms with Crippen LogP contribution in [-0.4, -0.2) is 18.0 Å².